The van der Waals surface area contributed by atoms with E-state index >= 15 is 0 Å². The standard InChI is InChI=1S/C32H41N5O2/c1-39-31-12-6-5-11-30(31)37(32(38)16-14-25-8-3-2-4-9-25)36-20-18-35(19-21-36)17-7-10-27-24-34-29-15-13-26(23-33)22-28(27)29/h2-4,8-9,13,15,22,24,30-31,34H,5-7,10-12,14,16-21H2,1H3. The van der Waals surface area contributed by atoms with E-state index in [0.717, 1.165) is 82.2 Å². The van der Waals surface area contributed by atoms with E-state index in [0.29, 0.717) is 12.0 Å². The SMILES string of the molecule is COC1CCCCC1N(C(=O)CCc1ccccc1)N1CCN(CCCc2c[nH]c3ccc(C#N)cc23)CC1. The van der Waals surface area contributed by atoms with Crippen LogP contribution in [0.1, 0.15) is 55.2 Å². The van der Waals surface area contributed by atoms with Crippen molar-refractivity contribution in [1.29, 1.82) is 5.26 Å². The molecule has 1 saturated carbocycles. The number of amides is 1. The van der Waals surface area contributed by atoms with Gasteiger partial charge in [0.15, 0.2) is 0 Å². The van der Waals surface area contributed by atoms with Gasteiger partial charge in [-0.1, -0.05) is 43.2 Å². The van der Waals surface area contributed by atoms with E-state index in [1.165, 1.54) is 17.5 Å². The highest BCUT2D eigenvalue weighted by Gasteiger charge is 2.37. The minimum Gasteiger partial charge on any atom is -0.379 e. The van der Waals surface area contributed by atoms with Gasteiger partial charge in [0.05, 0.1) is 23.8 Å². The Morgan fingerprint density at radius 1 is 1.08 bits per heavy atom. The molecule has 0 spiro atoms. The lowest BCUT2D eigenvalue weighted by molar-refractivity contribution is -0.172. The van der Waals surface area contributed by atoms with E-state index < -0.39 is 0 Å². The number of H-pyrrole nitrogens is 1. The van der Waals surface area contributed by atoms with Crippen molar-refractivity contribution in [3.05, 3.63) is 71.4 Å². The number of piperazine rings is 1. The molecule has 7 nitrogen and oxygen atoms in total. The Kier molecular flexibility index (Phi) is 9.31. The van der Waals surface area contributed by atoms with Gasteiger partial charge in [0.2, 0.25) is 5.91 Å². The Morgan fingerprint density at radius 3 is 2.64 bits per heavy atom. The number of aryl methyl sites for hydroxylation is 2. The van der Waals surface area contributed by atoms with Crippen LogP contribution in [0.25, 0.3) is 10.9 Å². The average molecular weight is 528 g/mol. The van der Waals surface area contributed by atoms with E-state index in [1.807, 2.05) is 36.4 Å². The van der Waals surface area contributed by atoms with Crippen LogP contribution in [0.4, 0.5) is 0 Å². The van der Waals surface area contributed by atoms with E-state index in [4.69, 9.17) is 4.74 Å². The number of hydrogen-bond acceptors (Lipinski definition) is 5. The zero-order valence-corrected chi connectivity index (χ0v) is 23.1. The predicted octanol–water partition coefficient (Wildman–Crippen LogP) is 4.92. The molecule has 39 heavy (non-hydrogen) atoms. The molecule has 1 saturated heterocycles. The summed E-state index contributed by atoms with van der Waals surface area (Å²) >= 11 is 0. The molecule has 3 aromatic rings. The third-order valence-electron chi connectivity index (χ3n) is 8.48. The molecule has 2 heterocycles. The molecule has 2 aliphatic rings. The maximum Gasteiger partial charge on any atom is 0.237 e. The molecule has 1 aromatic heterocycles. The van der Waals surface area contributed by atoms with Gasteiger partial charge >= 0.3 is 0 Å². The highest BCUT2D eigenvalue weighted by Crippen LogP contribution is 2.28. The summed E-state index contributed by atoms with van der Waals surface area (Å²) in [4.78, 5) is 19.6. The number of methoxy groups -OCH3 is 1. The van der Waals surface area contributed by atoms with Crippen LogP contribution in [-0.2, 0) is 22.4 Å². The van der Waals surface area contributed by atoms with Crippen LogP contribution < -0.4 is 0 Å². The largest absolute Gasteiger partial charge is 0.379 e. The second-order valence-electron chi connectivity index (χ2n) is 10.9. The smallest absolute Gasteiger partial charge is 0.237 e. The molecule has 0 radical (unpaired) electrons. The number of hydrogen-bond donors (Lipinski definition) is 1. The molecule has 206 valence electrons. The van der Waals surface area contributed by atoms with Gasteiger partial charge in [0, 0.05) is 56.8 Å². The van der Waals surface area contributed by atoms with Crippen molar-refractivity contribution in [1.82, 2.24) is 19.9 Å². The first kappa shape index (κ1) is 27.4. The molecule has 2 unspecified atom stereocenters. The van der Waals surface area contributed by atoms with Crippen LogP contribution in [0.2, 0.25) is 0 Å². The van der Waals surface area contributed by atoms with Gasteiger partial charge in [0.25, 0.3) is 0 Å². The van der Waals surface area contributed by atoms with Gasteiger partial charge in [-0.2, -0.15) is 5.26 Å². The highest BCUT2D eigenvalue weighted by molar-refractivity contribution is 5.84. The van der Waals surface area contributed by atoms with Gasteiger partial charge in [-0.05, 0) is 68.0 Å². The number of carbonyl (C=O) groups is 1. The van der Waals surface area contributed by atoms with Gasteiger partial charge in [-0.3, -0.25) is 9.80 Å². The number of hydrazine groups is 1. The number of nitrogens with one attached hydrogen (secondary N) is 1. The fourth-order valence-corrected chi connectivity index (χ4v) is 6.32. The van der Waals surface area contributed by atoms with E-state index in [9.17, 15) is 10.1 Å². The highest BCUT2D eigenvalue weighted by atomic mass is 16.5. The third-order valence-corrected chi connectivity index (χ3v) is 8.48. The quantitative estimate of drug-likeness (QED) is 0.405. The maximum atomic E-state index is 13.7. The van der Waals surface area contributed by atoms with Crippen LogP contribution in [-0.4, -0.2) is 77.8 Å². The second kappa shape index (κ2) is 13.3. The van der Waals surface area contributed by atoms with Crippen LogP contribution in [0.5, 0.6) is 0 Å². The normalized spacial score (nSPS) is 20.6. The van der Waals surface area contributed by atoms with Gasteiger partial charge < -0.3 is 14.6 Å². The minimum atomic E-state index is 0.107. The monoisotopic (exact) mass is 527 g/mol. The van der Waals surface area contributed by atoms with Gasteiger partial charge in [-0.15, -0.1) is 0 Å². The lowest BCUT2D eigenvalue weighted by Gasteiger charge is -2.47. The summed E-state index contributed by atoms with van der Waals surface area (Å²) < 4.78 is 5.89. The summed E-state index contributed by atoms with van der Waals surface area (Å²) in [5, 5.41) is 14.8. The molecule has 1 aliphatic carbocycles. The number of nitriles is 1. The number of benzene rings is 2. The summed E-state index contributed by atoms with van der Waals surface area (Å²) in [5.74, 6) is 0.220. The van der Waals surface area contributed by atoms with Crippen molar-refractivity contribution in [3.8, 4) is 6.07 Å². The number of nitrogens with zero attached hydrogens (tertiary/aromatic N) is 4. The summed E-state index contributed by atoms with van der Waals surface area (Å²) in [7, 11) is 1.79. The van der Waals surface area contributed by atoms with E-state index in [-0.39, 0.29) is 18.1 Å². The second-order valence-corrected chi connectivity index (χ2v) is 10.9. The zero-order valence-electron chi connectivity index (χ0n) is 23.1. The van der Waals surface area contributed by atoms with Crippen molar-refractivity contribution in [2.24, 2.45) is 0 Å². The molecule has 2 fully saturated rings. The Balaban J connectivity index is 1.17. The third kappa shape index (κ3) is 6.70. The zero-order chi connectivity index (χ0) is 27.0. The Morgan fingerprint density at radius 2 is 1.87 bits per heavy atom. The van der Waals surface area contributed by atoms with E-state index in [2.05, 4.69) is 44.3 Å². The van der Waals surface area contributed by atoms with Gasteiger partial charge in [0.1, 0.15) is 0 Å². The van der Waals surface area contributed by atoms with Crippen molar-refractivity contribution in [2.75, 3.05) is 39.8 Å². The summed E-state index contributed by atoms with van der Waals surface area (Å²) in [6, 6.07) is 18.5. The number of aromatic amines is 1. The first-order valence-electron chi connectivity index (χ1n) is 14.5. The molecule has 2 atom stereocenters. The molecule has 7 heteroatoms. The topological polar surface area (TPSA) is 75.6 Å². The van der Waals surface area contributed by atoms with Crippen molar-refractivity contribution >= 4 is 16.8 Å². The predicted molar refractivity (Wildman–Crippen MR) is 154 cm³/mol. The number of fused-ring (bicyclic) bond motifs is 1. The first-order valence-corrected chi connectivity index (χ1v) is 14.5. The van der Waals surface area contributed by atoms with Crippen LogP contribution in [0.3, 0.4) is 0 Å². The molecule has 0 bridgehead atoms. The summed E-state index contributed by atoms with van der Waals surface area (Å²) in [6.07, 6.45) is 9.88. The van der Waals surface area contributed by atoms with Crippen molar-refractivity contribution in [2.45, 2.75) is 63.5 Å². The molecule has 1 aliphatic heterocycles. The summed E-state index contributed by atoms with van der Waals surface area (Å²) in [5.41, 5.74) is 4.28. The maximum absolute atomic E-state index is 13.7. The molecule has 1 N–H and O–H groups in total. The molecule has 1 amide bonds. The number of aromatic nitrogens is 1. The Bertz CT molecular complexity index is 1260. The molecular weight excluding hydrogens is 486 g/mol. The van der Waals surface area contributed by atoms with Crippen LogP contribution >= 0.6 is 0 Å². The summed E-state index contributed by atoms with van der Waals surface area (Å²) in [6.45, 7) is 4.67. The van der Waals surface area contributed by atoms with Crippen LogP contribution in [0, 0.1) is 11.3 Å². The first-order chi connectivity index (χ1) is 19.2. The van der Waals surface area contributed by atoms with Gasteiger partial charge in [-0.25, -0.2) is 5.01 Å². The number of rotatable bonds is 10. The van der Waals surface area contributed by atoms with Crippen molar-refractivity contribution in [3.63, 3.8) is 0 Å². The Labute approximate surface area is 232 Å². The number of ether oxygens (including phenoxy) is 1. The molecule has 2 aromatic carbocycles. The average Bonchev–Trinajstić information content (AvgIpc) is 3.39. The fourth-order valence-electron chi connectivity index (χ4n) is 6.32. The van der Waals surface area contributed by atoms with Crippen molar-refractivity contribution < 1.29 is 9.53 Å². The lowest BCUT2D eigenvalue weighted by atomic mass is 9.91. The Hall–Kier alpha value is -3.18. The lowest BCUT2D eigenvalue weighted by Crippen LogP contribution is -2.61. The molecule has 5 rings (SSSR count). The van der Waals surface area contributed by atoms with Crippen LogP contribution in [0.15, 0.2) is 54.7 Å². The fraction of sp³-hybridized carbons (Fsp3) is 0.500. The molecular formula is C32H41N5O2. The number of carbonyl (C=O) groups excluding carboxylic acids is 1. The minimum absolute atomic E-state index is 0.107. The van der Waals surface area contributed by atoms with E-state index in [1.54, 1.807) is 7.11 Å².